The standard InChI is InChI=1S/C67H77N11O10S2/c1-4-42-27-28-51-46(30-42)34-47(31-43-18-8-5-9-19-43)60(71-51)69-29-17-16-26-53-62(83)78-59(41(3)81)67(88)77-58(66(87)75-56(37-79)40(2)80)39-90-89-38-57(76-61(82)50(68)32-44-20-10-6-11-21-44)65(86)73-54(33-45-22-12-7-13-23-45)63(84)74-55(64(85)72-53)35-48-36-70-52-25-15-14-24-49(48)52/h1,5-15,18-25,27-28,30,34,36,40-41,50,53-59,70,79-81H,16-17,26,29,31-33,35,37-39,68H2,2-3H3,(H,69,71)(H,72,85)(H,73,86)(H,74,84)(H,75,87)(H,76,82)(H,77,88)(H,78,83)/t40?,41-,50-,53+,54?,55-,56?,57+,58+,59+/m1/s1. The van der Waals surface area contributed by atoms with Crippen molar-refractivity contribution in [2.75, 3.05) is 30.0 Å². The van der Waals surface area contributed by atoms with Gasteiger partial charge in [-0.15, -0.1) is 6.42 Å². The Labute approximate surface area is 530 Å². The van der Waals surface area contributed by atoms with Crippen molar-refractivity contribution in [1.29, 1.82) is 0 Å². The number of benzene rings is 5. The van der Waals surface area contributed by atoms with Gasteiger partial charge >= 0.3 is 0 Å². The maximum atomic E-state index is 15.2. The van der Waals surface area contributed by atoms with Gasteiger partial charge in [-0.2, -0.15) is 0 Å². The highest BCUT2D eigenvalue weighted by molar-refractivity contribution is 8.76. The zero-order valence-corrected chi connectivity index (χ0v) is 51.7. The van der Waals surface area contributed by atoms with Crippen LogP contribution in [0.1, 0.15) is 66.5 Å². The smallest absolute Gasteiger partial charge is 0.245 e. The van der Waals surface area contributed by atoms with E-state index in [9.17, 15) is 39.3 Å². The summed E-state index contributed by atoms with van der Waals surface area (Å²) in [6.45, 7) is 2.32. The Morgan fingerprint density at radius 2 is 1.32 bits per heavy atom. The van der Waals surface area contributed by atoms with Gasteiger partial charge in [0, 0.05) is 65.4 Å². The number of nitrogens with two attached hydrogens (primary N) is 1. The number of H-pyrrole nitrogens is 1. The number of unbranched alkanes of at least 4 members (excludes halogenated alkanes) is 1. The topological polar surface area (TPSA) is 331 Å². The van der Waals surface area contributed by atoms with Crippen molar-refractivity contribution in [3.8, 4) is 12.3 Å². The normalized spacial score (nSPS) is 20.3. The number of pyridine rings is 1. The zero-order valence-electron chi connectivity index (χ0n) is 50.0. The number of hydrogen-bond donors (Lipinski definition) is 13. The molecule has 0 aliphatic carbocycles. The number of amides is 7. The molecule has 3 heterocycles. The van der Waals surface area contributed by atoms with Crippen LogP contribution < -0.4 is 48.3 Å². The lowest BCUT2D eigenvalue weighted by atomic mass is 10.0. The average Bonchev–Trinajstić information content (AvgIpc) is 3.28. The highest BCUT2D eigenvalue weighted by Gasteiger charge is 2.37. The Bertz CT molecular complexity index is 3630. The predicted octanol–water partition coefficient (Wildman–Crippen LogP) is 3.47. The van der Waals surface area contributed by atoms with E-state index in [-0.39, 0.29) is 37.2 Å². The highest BCUT2D eigenvalue weighted by atomic mass is 33.1. The first kappa shape index (κ1) is 67.2. The van der Waals surface area contributed by atoms with Gasteiger partial charge < -0.3 is 68.6 Å². The lowest BCUT2D eigenvalue weighted by molar-refractivity contribution is -0.136. The summed E-state index contributed by atoms with van der Waals surface area (Å²) in [6, 6.07) is 31.9. The number of aromatic nitrogens is 2. The number of nitrogens with one attached hydrogen (secondary N) is 9. The molecule has 1 aliphatic heterocycles. The zero-order chi connectivity index (χ0) is 64.1. The molecule has 5 aromatic carbocycles. The summed E-state index contributed by atoms with van der Waals surface area (Å²) in [7, 11) is 2.05. The van der Waals surface area contributed by atoms with E-state index in [2.05, 4.69) is 59.5 Å². The number of carbonyl (C=O) groups excluding carboxylic acids is 7. The molecule has 1 aliphatic rings. The second-order valence-electron chi connectivity index (χ2n) is 22.3. The summed E-state index contributed by atoms with van der Waals surface area (Å²) in [5.74, 6) is -2.83. The third-order valence-corrected chi connectivity index (χ3v) is 17.8. The predicted molar refractivity (Wildman–Crippen MR) is 350 cm³/mol. The lowest BCUT2D eigenvalue weighted by Gasteiger charge is -2.29. The molecule has 0 saturated carbocycles. The fourth-order valence-electron chi connectivity index (χ4n) is 10.3. The molecule has 472 valence electrons. The van der Waals surface area contributed by atoms with Crippen molar-refractivity contribution in [2.45, 2.75) is 119 Å². The minimum Gasteiger partial charge on any atom is -0.394 e. The van der Waals surface area contributed by atoms with Crippen molar-refractivity contribution in [3.63, 3.8) is 0 Å². The molecular formula is C67H77N11O10S2. The number of aliphatic hydroxyl groups excluding tert-OH is 3. The molecule has 14 N–H and O–H groups in total. The molecule has 1 saturated heterocycles. The number of terminal acetylenes is 1. The van der Waals surface area contributed by atoms with E-state index in [0.29, 0.717) is 48.3 Å². The Morgan fingerprint density at radius 1 is 0.700 bits per heavy atom. The third-order valence-electron chi connectivity index (χ3n) is 15.4. The van der Waals surface area contributed by atoms with Gasteiger partial charge in [0.15, 0.2) is 0 Å². The van der Waals surface area contributed by atoms with Crippen LogP contribution in [0.15, 0.2) is 146 Å². The minimum atomic E-state index is -1.72. The van der Waals surface area contributed by atoms with E-state index in [1.54, 1.807) is 48.7 Å². The van der Waals surface area contributed by atoms with E-state index in [1.165, 1.54) is 13.8 Å². The average molecular weight is 1260 g/mol. The van der Waals surface area contributed by atoms with Gasteiger partial charge in [-0.05, 0) is 97.7 Å². The molecule has 2 aromatic heterocycles. The van der Waals surface area contributed by atoms with Crippen LogP contribution >= 0.6 is 21.6 Å². The molecule has 10 atom stereocenters. The Kier molecular flexibility index (Phi) is 24.8. The number of nitrogens with zero attached hydrogens (tertiary/aromatic N) is 1. The fraction of sp³-hybridized carbons (Fsp3) is 0.343. The van der Waals surface area contributed by atoms with Crippen molar-refractivity contribution in [2.24, 2.45) is 5.73 Å². The van der Waals surface area contributed by atoms with E-state index in [0.717, 1.165) is 60.1 Å². The number of hydrogen-bond acceptors (Lipinski definition) is 15. The first-order valence-electron chi connectivity index (χ1n) is 29.9. The second-order valence-corrected chi connectivity index (χ2v) is 24.9. The quantitative estimate of drug-likeness (QED) is 0.0278. The summed E-state index contributed by atoms with van der Waals surface area (Å²) in [6.07, 6.45) is 5.88. The van der Waals surface area contributed by atoms with Gasteiger partial charge in [-0.1, -0.05) is 137 Å². The number of anilines is 1. The molecule has 7 amide bonds. The van der Waals surface area contributed by atoms with Gasteiger partial charge in [0.2, 0.25) is 41.4 Å². The number of aromatic amines is 1. The van der Waals surface area contributed by atoms with Crippen LogP contribution in [0.3, 0.4) is 0 Å². The molecule has 21 nitrogen and oxygen atoms in total. The third kappa shape index (κ3) is 19.1. The summed E-state index contributed by atoms with van der Waals surface area (Å²) in [5, 5.41) is 55.9. The molecule has 3 unspecified atom stereocenters. The second kappa shape index (κ2) is 33.2. The summed E-state index contributed by atoms with van der Waals surface area (Å²) in [4.78, 5) is 111. The van der Waals surface area contributed by atoms with Crippen LogP contribution in [0, 0.1) is 12.3 Å². The van der Waals surface area contributed by atoms with Gasteiger partial charge in [0.1, 0.15) is 42.1 Å². The fourth-order valence-corrected chi connectivity index (χ4v) is 12.7. The van der Waals surface area contributed by atoms with Gasteiger partial charge in [-0.25, -0.2) is 4.98 Å². The molecule has 0 radical (unpaired) electrons. The SMILES string of the molecule is C#Cc1ccc2nc(NCCCC[C@@H]3NC(=O)[C@@H](Cc4c[nH]c5ccccc45)NC(=O)C(Cc4ccccc4)NC(=O)[C@@H](NC(=O)[C@H](N)Cc4ccccc4)CSSC[C@@H](C(=O)NC(CO)C(C)O)NC(=O)[C@H]([C@@H](C)O)NC3=O)c(Cc3ccccc3)cc2c1. The summed E-state index contributed by atoms with van der Waals surface area (Å²) >= 11 is 0. The maximum absolute atomic E-state index is 15.2. The minimum absolute atomic E-state index is 0.0202. The molecule has 0 bridgehead atoms. The van der Waals surface area contributed by atoms with E-state index in [4.69, 9.17) is 17.1 Å². The van der Waals surface area contributed by atoms with Crippen LogP contribution in [-0.4, -0.2) is 152 Å². The number of carbonyl (C=O) groups is 7. The number of rotatable bonds is 21. The Balaban J connectivity index is 1.13. The monoisotopic (exact) mass is 1260 g/mol. The molecule has 1 fully saturated rings. The van der Waals surface area contributed by atoms with Crippen LogP contribution in [-0.2, 0) is 59.2 Å². The van der Waals surface area contributed by atoms with E-state index in [1.807, 2.05) is 91.0 Å². The highest BCUT2D eigenvalue weighted by Crippen LogP contribution is 2.27. The van der Waals surface area contributed by atoms with Crippen LogP contribution in [0.25, 0.3) is 21.8 Å². The lowest BCUT2D eigenvalue weighted by Crippen LogP contribution is -2.62. The van der Waals surface area contributed by atoms with Crippen molar-refractivity contribution >= 4 is 90.6 Å². The van der Waals surface area contributed by atoms with Crippen molar-refractivity contribution < 1.29 is 48.9 Å². The van der Waals surface area contributed by atoms with Crippen LogP contribution in [0.4, 0.5) is 5.82 Å². The van der Waals surface area contributed by atoms with Crippen LogP contribution in [0.5, 0.6) is 0 Å². The molecule has 7 aromatic rings. The molecular weight excluding hydrogens is 1180 g/mol. The molecule has 8 rings (SSSR count). The first-order valence-corrected chi connectivity index (χ1v) is 32.4. The number of fused-ring (bicyclic) bond motifs is 2. The molecule has 0 spiro atoms. The first-order chi connectivity index (χ1) is 43.5. The van der Waals surface area contributed by atoms with E-state index < -0.39 is 108 Å². The summed E-state index contributed by atoms with van der Waals surface area (Å²) in [5.41, 5.74) is 12.7. The molecule has 23 heteroatoms. The maximum Gasteiger partial charge on any atom is 0.245 e. The van der Waals surface area contributed by atoms with Crippen molar-refractivity contribution in [1.82, 2.24) is 47.2 Å². The Morgan fingerprint density at radius 3 is 2.00 bits per heavy atom. The van der Waals surface area contributed by atoms with Crippen LogP contribution in [0.2, 0.25) is 0 Å². The van der Waals surface area contributed by atoms with Gasteiger partial charge in [0.05, 0.1) is 36.4 Å². The van der Waals surface area contributed by atoms with Gasteiger partial charge in [-0.3, -0.25) is 33.6 Å². The van der Waals surface area contributed by atoms with Gasteiger partial charge in [0.25, 0.3) is 0 Å². The van der Waals surface area contributed by atoms with E-state index >= 15 is 9.59 Å². The largest absolute Gasteiger partial charge is 0.394 e. The number of aliphatic hydroxyl groups is 3. The van der Waals surface area contributed by atoms with Crippen molar-refractivity contribution in [3.05, 3.63) is 179 Å². The molecule has 90 heavy (non-hydrogen) atoms. The number of para-hydroxylation sites is 1. The Hall–Kier alpha value is -8.76. The summed E-state index contributed by atoms with van der Waals surface area (Å²) < 4.78 is 0.